The minimum absolute atomic E-state index is 0.362. The van der Waals surface area contributed by atoms with Crippen molar-refractivity contribution in [2.24, 2.45) is 5.92 Å². The van der Waals surface area contributed by atoms with E-state index >= 15 is 0 Å². The van der Waals surface area contributed by atoms with Crippen LogP contribution in [-0.2, 0) is 4.74 Å². The summed E-state index contributed by atoms with van der Waals surface area (Å²) >= 11 is 0. The van der Waals surface area contributed by atoms with Gasteiger partial charge in [-0.05, 0) is 65.0 Å². The molecule has 0 aromatic carbocycles. The van der Waals surface area contributed by atoms with Crippen molar-refractivity contribution in [3.05, 3.63) is 0 Å². The normalized spacial score (nSPS) is 43.0. The number of hydrogen-bond donors (Lipinski definition) is 1. The molecule has 0 radical (unpaired) electrons. The Labute approximate surface area is 111 Å². The average molecular weight is 252 g/mol. The van der Waals surface area contributed by atoms with Gasteiger partial charge >= 0.3 is 0 Å². The Morgan fingerprint density at radius 3 is 2.78 bits per heavy atom. The molecule has 3 fully saturated rings. The second-order valence-electron chi connectivity index (χ2n) is 6.85. The first-order valence-corrected chi connectivity index (χ1v) is 7.78. The van der Waals surface area contributed by atoms with Gasteiger partial charge in [0.15, 0.2) is 0 Å². The summed E-state index contributed by atoms with van der Waals surface area (Å²) in [6.07, 6.45) is 7.60. The maximum Gasteiger partial charge on any atom is 0.0706 e. The van der Waals surface area contributed by atoms with E-state index in [0.29, 0.717) is 17.7 Å². The van der Waals surface area contributed by atoms with Crippen LogP contribution in [0.4, 0.5) is 0 Å². The Kier molecular flexibility index (Phi) is 3.65. The monoisotopic (exact) mass is 252 g/mol. The van der Waals surface area contributed by atoms with E-state index in [9.17, 15) is 0 Å². The van der Waals surface area contributed by atoms with Crippen LogP contribution in [0.15, 0.2) is 0 Å². The number of ether oxygens (including phenoxy) is 1. The first kappa shape index (κ1) is 12.9. The summed E-state index contributed by atoms with van der Waals surface area (Å²) in [5.41, 5.74) is 0.362. The largest absolute Gasteiger partial charge is 0.374 e. The van der Waals surface area contributed by atoms with Crippen molar-refractivity contribution in [3.63, 3.8) is 0 Å². The molecule has 3 heteroatoms. The van der Waals surface area contributed by atoms with E-state index in [-0.39, 0.29) is 0 Å². The van der Waals surface area contributed by atoms with E-state index in [1.807, 2.05) is 0 Å². The third-order valence-corrected chi connectivity index (χ3v) is 4.99. The lowest BCUT2D eigenvalue weighted by atomic mass is 9.95. The summed E-state index contributed by atoms with van der Waals surface area (Å²) in [7, 11) is 0. The molecule has 0 spiro atoms. The topological polar surface area (TPSA) is 24.5 Å². The van der Waals surface area contributed by atoms with E-state index < -0.39 is 0 Å². The summed E-state index contributed by atoms with van der Waals surface area (Å²) in [4.78, 5) is 2.65. The fourth-order valence-corrected chi connectivity index (χ4v) is 3.73. The molecule has 104 valence electrons. The zero-order valence-electron chi connectivity index (χ0n) is 12.0. The molecule has 0 aromatic rings. The Hall–Kier alpha value is -0.120. The van der Waals surface area contributed by atoms with Gasteiger partial charge in [0.2, 0.25) is 0 Å². The molecular formula is C15H28N2O. The highest BCUT2D eigenvalue weighted by molar-refractivity contribution is 5.01. The van der Waals surface area contributed by atoms with Gasteiger partial charge in [0.05, 0.1) is 12.2 Å². The maximum atomic E-state index is 5.99. The van der Waals surface area contributed by atoms with Crippen molar-refractivity contribution in [1.82, 2.24) is 10.2 Å². The first-order chi connectivity index (χ1) is 8.66. The van der Waals surface area contributed by atoms with E-state index in [4.69, 9.17) is 4.74 Å². The van der Waals surface area contributed by atoms with E-state index in [1.165, 1.54) is 51.7 Å². The molecule has 0 bridgehead atoms. The molecule has 0 amide bonds. The van der Waals surface area contributed by atoms with Gasteiger partial charge in [0, 0.05) is 18.6 Å². The van der Waals surface area contributed by atoms with Crippen LogP contribution < -0.4 is 5.32 Å². The molecule has 3 unspecified atom stereocenters. The molecule has 2 saturated heterocycles. The third-order valence-electron chi connectivity index (χ3n) is 4.99. The van der Waals surface area contributed by atoms with Gasteiger partial charge < -0.3 is 10.1 Å². The Bertz CT molecular complexity index is 292. The maximum absolute atomic E-state index is 5.99. The lowest BCUT2D eigenvalue weighted by Crippen LogP contribution is -2.51. The molecule has 3 aliphatic rings. The van der Waals surface area contributed by atoms with Crippen LogP contribution in [0.25, 0.3) is 0 Å². The highest BCUT2D eigenvalue weighted by atomic mass is 16.5. The summed E-state index contributed by atoms with van der Waals surface area (Å²) < 4.78 is 5.99. The van der Waals surface area contributed by atoms with Crippen molar-refractivity contribution in [3.8, 4) is 0 Å². The van der Waals surface area contributed by atoms with Gasteiger partial charge in [-0.25, -0.2) is 0 Å². The quantitative estimate of drug-likeness (QED) is 0.831. The molecule has 3 nitrogen and oxygen atoms in total. The molecule has 2 aliphatic heterocycles. The van der Waals surface area contributed by atoms with Crippen molar-refractivity contribution in [1.29, 1.82) is 0 Å². The Morgan fingerprint density at radius 2 is 2.11 bits per heavy atom. The lowest BCUT2D eigenvalue weighted by molar-refractivity contribution is 0.0274. The SMILES string of the molecule is CC1CCC(CN2CCCNC(C)(C3CC3)C2)O1. The van der Waals surface area contributed by atoms with Crippen LogP contribution in [0.1, 0.15) is 46.0 Å². The smallest absolute Gasteiger partial charge is 0.0706 e. The first-order valence-electron chi connectivity index (χ1n) is 7.78. The van der Waals surface area contributed by atoms with Crippen LogP contribution in [0.2, 0.25) is 0 Å². The fraction of sp³-hybridized carbons (Fsp3) is 1.00. The zero-order chi connectivity index (χ0) is 12.6. The summed E-state index contributed by atoms with van der Waals surface area (Å²) in [5.74, 6) is 0.918. The zero-order valence-corrected chi connectivity index (χ0v) is 12.0. The second-order valence-corrected chi connectivity index (χ2v) is 6.85. The molecule has 1 saturated carbocycles. The Balaban J connectivity index is 1.57. The minimum Gasteiger partial charge on any atom is -0.374 e. The lowest BCUT2D eigenvalue weighted by Gasteiger charge is -2.34. The highest BCUT2D eigenvalue weighted by Gasteiger charge is 2.43. The number of nitrogens with zero attached hydrogens (tertiary/aromatic N) is 1. The third kappa shape index (κ3) is 2.89. The van der Waals surface area contributed by atoms with E-state index in [2.05, 4.69) is 24.1 Å². The van der Waals surface area contributed by atoms with Gasteiger partial charge in [-0.1, -0.05) is 0 Å². The summed E-state index contributed by atoms with van der Waals surface area (Å²) in [5, 5.41) is 3.80. The predicted octanol–water partition coefficient (Wildman–Crippen LogP) is 2.02. The van der Waals surface area contributed by atoms with Crippen molar-refractivity contribution in [2.45, 2.75) is 63.7 Å². The van der Waals surface area contributed by atoms with E-state index in [1.54, 1.807) is 0 Å². The Morgan fingerprint density at radius 1 is 1.28 bits per heavy atom. The molecule has 1 aliphatic carbocycles. The molecule has 2 heterocycles. The van der Waals surface area contributed by atoms with Crippen molar-refractivity contribution in [2.75, 3.05) is 26.2 Å². The number of hydrogen-bond acceptors (Lipinski definition) is 3. The second kappa shape index (κ2) is 5.10. The highest BCUT2D eigenvalue weighted by Crippen LogP contribution is 2.40. The van der Waals surface area contributed by atoms with Gasteiger partial charge in [-0.2, -0.15) is 0 Å². The molecule has 3 atom stereocenters. The molecule has 18 heavy (non-hydrogen) atoms. The predicted molar refractivity (Wildman–Crippen MR) is 73.8 cm³/mol. The standard InChI is InChI=1S/C15H28N2O/c1-12-4-7-14(18-12)10-17-9-3-8-16-15(2,11-17)13-5-6-13/h12-14,16H,3-11H2,1-2H3. The van der Waals surface area contributed by atoms with Crippen LogP contribution >= 0.6 is 0 Å². The van der Waals surface area contributed by atoms with Gasteiger partial charge in [-0.3, -0.25) is 4.90 Å². The van der Waals surface area contributed by atoms with Crippen LogP contribution in [0, 0.1) is 5.92 Å². The molecule has 3 rings (SSSR count). The average Bonchev–Trinajstić information content (AvgIpc) is 3.11. The van der Waals surface area contributed by atoms with Crippen LogP contribution in [0.3, 0.4) is 0 Å². The van der Waals surface area contributed by atoms with Gasteiger partial charge in [-0.15, -0.1) is 0 Å². The van der Waals surface area contributed by atoms with Crippen molar-refractivity contribution >= 4 is 0 Å². The summed E-state index contributed by atoms with van der Waals surface area (Å²) in [6.45, 7) is 9.43. The van der Waals surface area contributed by atoms with E-state index in [0.717, 1.165) is 12.5 Å². The van der Waals surface area contributed by atoms with Crippen molar-refractivity contribution < 1.29 is 4.74 Å². The van der Waals surface area contributed by atoms with Gasteiger partial charge in [0.25, 0.3) is 0 Å². The summed E-state index contributed by atoms with van der Waals surface area (Å²) in [6, 6.07) is 0. The minimum atomic E-state index is 0.362. The number of rotatable bonds is 3. The number of nitrogens with one attached hydrogen (secondary N) is 1. The van der Waals surface area contributed by atoms with Crippen LogP contribution in [0.5, 0.6) is 0 Å². The molecule has 1 N–H and O–H groups in total. The van der Waals surface area contributed by atoms with Gasteiger partial charge in [0.1, 0.15) is 0 Å². The van der Waals surface area contributed by atoms with Crippen LogP contribution in [-0.4, -0.2) is 48.8 Å². The fourth-order valence-electron chi connectivity index (χ4n) is 3.73. The molecule has 0 aromatic heterocycles. The molecular weight excluding hydrogens is 224 g/mol.